The maximum Gasteiger partial charge on any atom is 0.106 e. The number of benzene rings is 2. The molecule has 2 aromatic carbocycles. The molecule has 0 aliphatic carbocycles. The molecule has 0 bridgehead atoms. The van der Waals surface area contributed by atoms with Gasteiger partial charge in [0.15, 0.2) is 0 Å². The average molecular weight is 242 g/mol. The van der Waals surface area contributed by atoms with Crippen molar-refractivity contribution in [2.45, 2.75) is 0 Å². The van der Waals surface area contributed by atoms with Crippen molar-refractivity contribution in [2.24, 2.45) is 5.73 Å². The summed E-state index contributed by atoms with van der Waals surface area (Å²) in [6.07, 6.45) is 0. The smallest absolute Gasteiger partial charge is 0.106 e. The Balaban J connectivity index is 2.44. The van der Waals surface area contributed by atoms with Gasteiger partial charge in [-0.1, -0.05) is 42.5 Å². The van der Waals surface area contributed by atoms with Gasteiger partial charge < -0.3 is 10.6 Å². The van der Waals surface area contributed by atoms with Gasteiger partial charge in [0.05, 0.1) is 5.69 Å². The molecule has 0 aliphatic heterocycles. The van der Waals surface area contributed by atoms with Gasteiger partial charge in [0, 0.05) is 18.3 Å². The van der Waals surface area contributed by atoms with Gasteiger partial charge in [-0.3, -0.25) is 0 Å². The lowest BCUT2D eigenvalue weighted by Gasteiger charge is -2.22. The van der Waals surface area contributed by atoms with E-state index in [2.05, 4.69) is 17.0 Å². The summed E-state index contributed by atoms with van der Waals surface area (Å²) in [6.45, 7) is 0. The van der Waals surface area contributed by atoms with E-state index in [-0.39, 0.29) is 0 Å². The molecule has 0 amide bonds. The largest absolute Gasteiger partial charge is 0.389 e. The zero-order valence-electron chi connectivity index (χ0n) is 9.63. The van der Waals surface area contributed by atoms with E-state index in [0.29, 0.717) is 4.99 Å². The standard InChI is InChI=1S/C14H14N2S/c1-16(11-7-3-2-4-8-11)13-10-6-5-9-12(13)14(15)17/h2-10H,1H3,(H2,15,17). The predicted molar refractivity (Wildman–Crippen MR) is 76.8 cm³/mol. The van der Waals surface area contributed by atoms with Crippen LogP contribution in [-0.2, 0) is 0 Å². The molecular weight excluding hydrogens is 228 g/mol. The maximum absolute atomic E-state index is 5.74. The number of hydrogen-bond acceptors (Lipinski definition) is 2. The quantitative estimate of drug-likeness (QED) is 0.839. The van der Waals surface area contributed by atoms with E-state index < -0.39 is 0 Å². The topological polar surface area (TPSA) is 29.3 Å². The molecule has 17 heavy (non-hydrogen) atoms. The minimum absolute atomic E-state index is 0.420. The molecule has 0 fully saturated rings. The second-order valence-corrected chi connectivity index (χ2v) is 4.22. The number of para-hydroxylation sites is 2. The fraction of sp³-hybridized carbons (Fsp3) is 0.0714. The van der Waals surface area contributed by atoms with Crippen LogP contribution in [0.1, 0.15) is 5.56 Å². The highest BCUT2D eigenvalue weighted by molar-refractivity contribution is 7.80. The summed E-state index contributed by atoms with van der Waals surface area (Å²) >= 11 is 5.07. The second-order valence-electron chi connectivity index (χ2n) is 3.78. The highest BCUT2D eigenvalue weighted by atomic mass is 32.1. The lowest BCUT2D eigenvalue weighted by atomic mass is 10.1. The lowest BCUT2D eigenvalue weighted by molar-refractivity contribution is 1.20. The Labute approximate surface area is 107 Å². The third kappa shape index (κ3) is 2.45. The van der Waals surface area contributed by atoms with Gasteiger partial charge in [0.1, 0.15) is 4.99 Å². The first-order chi connectivity index (χ1) is 8.20. The number of thiocarbonyl (C=S) groups is 1. The van der Waals surface area contributed by atoms with Crippen LogP contribution in [0.4, 0.5) is 11.4 Å². The van der Waals surface area contributed by atoms with E-state index in [9.17, 15) is 0 Å². The Bertz CT molecular complexity index is 523. The van der Waals surface area contributed by atoms with Crippen molar-refractivity contribution in [3.63, 3.8) is 0 Å². The van der Waals surface area contributed by atoms with E-state index in [4.69, 9.17) is 18.0 Å². The summed E-state index contributed by atoms with van der Waals surface area (Å²) in [7, 11) is 2.01. The van der Waals surface area contributed by atoms with Crippen LogP contribution in [0.2, 0.25) is 0 Å². The third-order valence-electron chi connectivity index (χ3n) is 2.67. The molecule has 0 spiro atoms. The normalized spacial score (nSPS) is 9.94. The highest BCUT2D eigenvalue weighted by Gasteiger charge is 2.09. The van der Waals surface area contributed by atoms with Gasteiger partial charge in [-0.25, -0.2) is 0 Å². The fourth-order valence-corrected chi connectivity index (χ4v) is 1.94. The van der Waals surface area contributed by atoms with E-state index >= 15 is 0 Å². The Morgan fingerprint density at radius 2 is 1.59 bits per heavy atom. The summed E-state index contributed by atoms with van der Waals surface area (Å²) in [5.41, 5.74) is 8.76. The SMILES string of the molecule is CN(c1ccccc1)c1ccccc1C(N)=S. The number of nitrogens with two attached hydrogens (primary N) is 1. The van der Waals surface area contributed by atoms with Crippen LogP contribution < -0.4 is 10.6 Å². The van der Waals surface area contributed by atoms with Gasteiger partial charge in [-0.05, 0) is 24.3 Å². The molecular formula is C14H14N2S. The van der Waals surface area contributed by atoms with Gasteiger partial charge in [0.25, 0.3) is 0 Å². The first kappa shape index (κ1) is 11.6. The number of rotatable bonds is 3. The molecule has 3 heteroatoms. The molecule has 2 nitrogen and oxygen atoms in total. The Morgan fingerprint density at radius 1 is 1.00 bits per heavy atom. The second kappa shape index (κ2) is 4.97. The Morgan fingerprint density at radius 3 is 2.24 bits per heavy atom. The zero-order valence-corrected chi connectivity index (χ0v) is 10.4. The molecule has 86 valence electrons. The van der Waals surface area contributed by atoms with Crippen molar-refractivity contribution in [3.8, 4) is 0 Å². The van der Waals surface area contributed by atoms with E-state index in [1.807, 2.05) is 49.5 Å². The summed E-state index contributed by atoms with van der Waals surface area (Å²) in [5, 5.41) is 0. The number of anilines is 2. The molecule has 0 radical (unpaired) electrons. The molecule has 0 unspecified atom stereocenters. The van der Waals surface area contributed by atoms with Crippen LogP contribution in [0.25, 0.3) is 0 Å². The van der Waals surface area contributed by atoms with E-state index in [0.717, 1.165) is 16.9 Å². The van der Waals surface area contributed by atoms with Crippen LogP contribution in [0.3, 0.4) is 0 Å². The minimum atomic E-state index is 0.420. The molecule has 2 rings (SSSR count). The molecule has 0 atom stereocenters. The fourth-order valence-electron chi connectivity index (χ4n) is 1.77. The van der Waals surface area contributed by atoms with Crippen molar-refractivity contribution in [3.05, 3.63) is 60.2 Å². The summed E-state index contributed by atoms with van der Waals surface area (Å²) < 4.78 is 0. The summed E-state index contributed by atoms with van der Waals surface area (Å²) in [4.78, 5) is 2.50. The van der Waals surface area contributed by atoms with E-state index in [1.165, 1.54) is 0 Å². The molecule has 0 saturated carbocycles. The summed E-state index contributed by atoms with van der Waals surface area (Å²) in [6, 6.07) is 18.0. The summed E-state index contributed by atoms with van der Waals surface area (Å²) in [5.74, 6) is 0. The molecule has 0 aromatic heterocycles. The molecule has 2 aromatic rings. The Kier molecular flexibility index (Phi) is 3.40. The van der Waals surface area contributed by atoms with Crippen LogP contribution in [0.5, 0.6) is 0 Å². The van der Waals surface area contributed by atoms with Gasteiger partial charge in [0.2, 0.25) is 0 Å². The molecule has 2 N–H and O–H groups in total. The average Bonchev–Trinajstić information content (AvgIpc) is 2.39. The van der Waals surface area contributed by atoms with Crippen LogP contribution >= 0.6 is 12.2 Å². The van der Waals surface area contributed by atoms with Crippen LogP contribution in [0.15, 0.2) is 54.6 Å². The van der Waals surface area contributed by atoms with Crippen molar-refractivity contribution in [1.29, 1.82) is 0 Å². The lowest BCUT2D eigenvalue weighted by Crippen LogP contribution is -2.17. The van der Waals surface area contributed by atoms with Crippen LogP contribution in [0, 0.1) is 0 Å². The zero-order chi connectivity index (χ0) is 12.3. The third-order valence-corrected chi connectivity index (χ3v) is 2.89. The monoisotopic (exact) mass is 242 g/mol. The minimum Gasteiger partial charge on any atom is -0.389 e. The predicted octanol–water partition coefficient (Wildman–Crippen LogP) is 3.09. The van der Waals surface area contributed by atoms with Gasteiger partial charge >= 0.3 is 0 Å². The van der Waals surface area contributed by atoms with Crippen molar-refractivity contribution < 1.29 is 0 Å². The molecule has 0 saturated heterocycles. The number of hydrogen-bond donors (Lipinski definition) is 1. The highest BCUT2D eigenvalue weighted by Crippen LogP contribution is 2.26. The number of nitrogens with zero attached hydrogens (tertiary/aromatic N) is 1. The first-order valence-corrected chi connectivity index (χ1v) is 5.78. The molecule has 0 aliphatic rings. The van der Waals surface area contributed by atoms with Crippen LogP contribution in [-0.4, -0.2) is 12.0 Å². The maximum atomic E-state index is 5.74. The Hall–Kier alpha value is -1.87. The van der Waals surface area contributed by atoms with Gasteiger partial charge in [-0.2, -0.15) is 0 Å². The van der Waals surface area contributed by atoms with Crippen molar-refractivity contribution in [2.75, 3.05) is 11.9 Å². The van der Waals surface area contributed by atoms with Crippen molar-refractivity contribution >= 4 is 28.6 Å². The molecule has 0 heterocycles. The first-order valence-electron chi connectivity index (χ1n) is 5.38. The van der Waals surface area contributed by atoms with E-state index in [1.54, 1.807) is 0 Å². The van der Waals surface area contributed by atoms with Crippen molar-refractivity contribution in [1.82, 2.24) is 0 Å². The van der Waals surface area contributed by atoms with Gasteiger partial charge in [-0.15, -0.1) is 0 Å².